The molecule has 9 nitrogen and oxygen atoms in total. The lowest BCUT2D eigenvalue weighted by atomic mass is 9.93. The molecule has 114 valence electrons. The summed E-state index contributed by atoms with van der Waals surface area (Å²) in [6, 6.07) is 0. The van der Waals surface area contributed by atoms with Crippen molar-refractivity contribution in [2.24, 2.45) is 0 Å². The van der Waals surface area contributed by atoms with Gasteiger partial charge in [-0.3, -0.25) is 9.78 Å². The Bertz CT molecular complexity index is 742. The monoisotopic (exact) mass is 299 g/mol. The number of imidazole rings is 1. The first-order valence-electron chi connectivity index (χ1n) is 6.23. The minimum atomic E-state index is -2.18. The molecule has 3 heterocycles. The number of anilines is 1. The molecule has 5 N–H and O–H groups in total. The zero-order valence-electron chi connectivity index (χ0n) is 11.0. The van der Waals surface area contributed by atoms with Crippen molar-refractivity contribution in [3.05, 3.63) is 22.2 Å². The van der Waals surface area contributed by atoms with Crippen molar-refractivity contribution >= 4 is 11.6 Å². The van der Waals surface area contributed by atoms with Crippen molar-refractivity contribution in [2.75, 3.05) is 12.3 Å². The third kappa shape index (κ3) is 1.91. The van der Waals surface area contributed by atoms with Crippen LogP contribution in [0.3, 0.4) is 0 Å². The highest BCUT2D eigenvalue weighted by atomic mass is 19.1. The molecule has 1 aliphatic heterocycles. The van der Waals surface area contributed by atoms with E-state index in [1.165, 1.54) is 6.20 Å². The minimum Gasteiger partial charge on any atom is -0.394 e. The van der Waals surface area contributed by atoms with Crippen LogP contribution in [0.5, 0.6) is 0 Å². The van der Waals surface area contributed by atoms with E-state index in [0.717, 1.165) is 11.4 Å². The SMILES string of the molecule is CC1(F)C(c2cnc3c(=O)[nH]c(N)nn23)OC(CO)C1O. The number of aromatic nitrogens is 4. The number of nitrogens with one attached hydrogen (secondary N) is 1. The number of hydrogen-bond donors (Lipinski definition) is 4. The highest BCUT2D eigenvalue weighted by molar-refractivity contribution is 5.39. The molecule has 10 heteroatoms. The summed E-state index contributed by atoms with van der Waals surface area (Å²) in [5.74, 6) is -0.162. The van der Waals surface area contributed by atoms with Gasteiger partial charge >= 0.3 is 0 Å². The zero-order chi connectivity index (χ0) is 15.4. The van der Waals surface area contributed by atoms with E-state index in [2.05, 4.69) is 15.1 Å². The van der Waals surface area contributed by atoms with Crippen molar-refractivity contribution in [2.45, 2.75) is 30.9 Å². The van der Waals surface area contributed by atoms with Crippen molar-refractivity contribution in [1.29, 1.82) is 0 Å². The first kappa shape index (κ1) is 13.9. The van der Waals surface area contributed by atoms with Crippen molar-refractivity contribution < 1.29 is 19.3 Å². The highest BCUT2D eigenvalue weighted by Gasteiger charge is 2.55. The number of fused-ring (bicyclic) bond motifs is 1. The summed E-state index contributed by atoms with van der Waals surface area (Å²) in [5.41, 5.74) is 2.76. The lowest BCUT2D eigenvalue weighted by molar-refractivity contribution is -0.0248. The summed E-state index contributed by atoms with van der Waals surface area (Å²) in [4.78, 5) is 17.8. The van der Waals surface area contributed by atoms with Gasteiger partial charge in [-0.2, -0.15) is 0 Å². The summed E-state index contributed by atoms with van der Waals surface area (Å²) >= 11 is 0. The quantitative estimate of drug-likeness (QED) is 0.530. The molecule has 2 aromatic rings. The Morgan fingerprint density at radius 1 is 1.67 bits per heavy atom. The third-order valence-corrected chi connectivity index (χ3v) is 3.62. The van der Waals surface area contributed by atoms with Crippen molar-refractivity contribution in [1.82, 2.24) is 19.6 Å². The van der Waals surface area contributed by atoms with E-state index >= 15 is 0 Å². The van der Waals surface area contributed by atoms with E-state index in [0.29, 0.717) is 0 Å². The van der Waals surface area contributed by atoms with Crippen LogP contribution < -0.4 is 11.3 Å². The van der Waals surface area contributed by atoms with Crippen LogP contribution in [0.25, 0.3) is 5.65 Å². The number of alkyl halides is 1. The molecular weight excluding hydrogens is 285 g/mol. The summed E-state index contributed by atoms with van der Waals surface area (Å²) in [6.07, 6.45) is -2.60. The fraction of sp³-hybridized carbons (Fsp3) is 0.545. The molecule has 0 spiro atoms. The van der Waals surface area contributed by atoms with Gasteiger partial charge in [0, 0.05) is 0 Å². The molecule has 1 saturated heterocycles. The molecule has 0 aromatic carbocycles. The Balaban J connectivity index is 2.15. The fourth-order valence-electron chi connectivity index (χ4n) is 2.51. The Morgan fingerprint density at radius 3 is 3.00 bits per heavy atom. The average Bonchev–Trinajstić information content (AvgIpc) is 2.91. The van der Waals surface area contributed by atoms with Crippen LogP contribution in [0.1, 0.15) is 18.7 Å². The zero-order valence-corrected chi connectivity index (χ0v) is 11.0. The first-order chi connectivity index (χ1) is 9.86. The molecule has 0 saturated carbocycles. The predicted octanol–water partition coefficient (Wildman–Crippen LogP) is -1.48. The van der Waals surface area contributed by atoms with E-state index < -0.39 is 36.1 Å². The number of rotatable bonds is 2. The highest BCUT2D eigenvalue weighted by Crippen LogP contribution is 2.43. The number of aliphatic hydroxyl groups excluding tert-OH is 2. The molecule has 3 rings (SSSR count). The van der Waals surface area contributed by atoms with E-state index in [9.17, 15) is 14.3 Å². The summed E-state index contributed by atoms with van der Waals surface area (Å²) < 4.78 is 21.1. The molecule has 4 atom stereocenters. The van der Waals surface area contributed by atoms with E-state index in [1.807, 2.05) is 0 Å². The van der Waals surface area contributed by atoms with Gasteiger partial charge in [-0.15, -0.1) is 5.10 Å². The van der Waals surface area contributed by atoms with Gasteiger partial charge in [0.1, 0.15) is 18.3 Å². The molecular formula is C11H14FN5O4. The number of nitrogens with two attached hydrogens (primary N) is 1. The van der Waals surface area contributed by atoms with Crippen LogP contribution >= 0.6 is 0 Å². The third-order valence-electron chi connectivity index (χ3n) is 3.62. The Hall–Kier alpha value is -2.04. The van der Waals surface area contributed by atoms with Crippen molar-refractivity contribution in [3.63, 3.8) is 0 Å². The van der Waals surface area contributed by atoms with Crippen LogP contribution in [0.2, 0.25) is 0 Å². The second-order valence-electron chi connectivity index (χ2n) is 5.09. The predicted molar refractivity (Wildman–Crippen MR) is 68.2 cm³/mol. The molecule has 0 amide bonds. The molecule has 0 bridgehead atoms. The van der Waals surface area contributed by atoms with Crippen LogP contribution in [0.15, 0.2) is 11.0 Å². The van der Waals surface area contributed by atoms with E-state index in [-0.39, 0.29) is 17.3 Å². The second kappa shape index (κ2) is 4.48. The van der Waals surface area contributed by atoms with E-state index in [1.54, 1.807) is 0 Å². The number of aromatic amines is 1. The number of hydrogen-bond acceptors (Lipinski definition) is 7. The van der Waals surface area contributed by atoms with Crippen LogP contribution in [0, 0.1) is 0 Å². The topological polar surface area (TPSA) is 139 Å². The fourth-order valence-corrected chi connectivity index (χ4v) is 2.51. The molecule has 21 heavy (non-hydrogen) atoms. The number of halogens is 1. The number of nitrogens with zero attached hydrogens (tertiary/aromatic N) is 3. The first-order valence-corrected chi connectivity index (χ1v) is 6.23. The normalized spacial score (nSPS) is 32.9. The standard InChI is InChI=1S/C11H14FN5O4/c1-11(12)6(19)5(3-18)21-7(11)4-2-14-8-9(20)15-10(13)16-17(4)8/h2,5-7,18-19H,3H2,1H3,(H3,13,15,16,20). The summed E-state index contributed by atoms with van der Waals surface area (Å²) in [7, 11) is 0. The summed E-state index contributed by atoms with van der Waals surface area (Å²) in [5, 5.41) is 22.9. The Morgan fingerprint density at radius 2 is 2.38 bits per heavy atom. The van der Waals surface area contributed by atoms with Gasteiger partial charge in [0.2, 0.25) is 11.6 Å². The molecule has 0 radical (unpaired) electrons. The number of nitrogen functional groups attached to an aromatic ring is 1. The van der Waals surface area contributed by atoms with Crippen LogP contribution in [-0.4, -0.2) is 54.3 Å². The van der Waals surface area contributed by atoms with Gasteiger partial charge in [-0.25, -0.2) is 13.9 Å². The van der Waals surface area contributed by atoms with Crippen LogP contribution in [-0.2, 0) is 4.74 Å². The van der Waals surface area contributed by atoms with E-state index in [4.69, 9.17) is 15.6 Å². The molecule has 4 unspecified atom stereocenters. The van der Waals surface area contributed by atoms with Gasteiger partial charge in [0.05, 0.1) is 18.5 Å². The number of H-pyrrole nitrogens is 1. The molecule has 1 fully saturated rings. The Kier molecular flexibility index (Phi) is 2.97. The van der Waals surface area contributed by atoms with Gasteiger partial charge < -0.3 is 20.7 Å². The van der Waals surface area contributed by atoms with Gasteiger partial charge in [0.15, 0.2) is 5.67 Å². The number of ether oxygens (including phenoxy) is 1. The number of aliphatic hydroxyl groups is 2. The molecule has 2 aromatic heterocycles. The molecule has 1 aliphatic rings. The smallest absolute Gasteiger partial charge is 0.295 e. The lowest BCUT2D eigenvalue weighted by Crippen LogP contribution is -2.39. The largest absolute Gasteiger partial charge is 0.394 e. The van der Waals surface area contributed by atoms with Gasteiger partial charge in [0.25, 0.3) is 5.56 Å². The van der Waals surface area contributed by atoms with Gasteiger partial charge in [-0.1, -0.05) is 0 Å². The maximum absolute atomic E-state index is 14.7. The van der Waals surface area contributed by atoms with Crippen LogP contribution in [0.4, 0.5) is 10.3 Å². The molecule has 0 aliphatic carbocycles. The van der Waals surface area contributed by atoms with Crippen molar-refractivity contribution in [3.8, 4) is 0 Å². The lowest BCUT2D eigenvalue weighted by Gasteiger charge is -2.22. The maximum Gasteiger partial charge on any atom is 0.295 e. The maximum atomic E-state index is 14.7. The minimum absolute atomic E-state index is 0.0689. The van der Waals surface area contributed by atoms with Gasteiger partial charge in [-0.05, 0) is 6.92 Å². The Labute approximate surface area is 117 Å². The average molecular weight is 299 g/mol. The summed E-state index contributed by atoms with van der Waals surface area (Å²) in [6.45, 7) is 0.609. The second-order valence-corrected chi connectivity index (χ2v) is 5.09.